The minimum atomic E-state index is -3.17. The summed E-state index contributed by atoms with van der Waals surface area (Å²) in [6.07, 6.45) is 1.86. The van der Waals surface area contributed by atoms with Gasteiger partial charge in [0.05, 0.1) is 11.5 Å². The maximum Gasteiger partial charge on any atom is 0.323 e. The van der Waals surface area contributed by atoms with Crippen molar-refractivity contribution in [1.82, 2.24) is 4.90 Å². The standard InChI is InChI=1S/C12H22N2O5S/c1-2-3-9(13)6-11(15)14(7-12(16)17)10-4-5-20(18,19)8-10/h9-10H,2-8,13H2,1H3,(H,16,17). The molecule has 0 bridgehead atoms. The molecule has 1 amide bonds. The van der Waals surface area contributed by atoms with Crippen molar-refractivity contribution in [1.29, 1.82) is 0 Å². The second-order valence-electron chi connectivity index (χ2n) is 5.23. The Bertz CT molecular complexity index is 462. The number of carboxylic acid groups (broad SMARTS) is 1. The molecule has 2 atom stereocenters. The van der Waals surface area contributed by atoms with Crippen LogP contribution in [0.3, 0.4) is 0 Å². The van der Waals surface area contributed by atoms with E-state index >= 15 is 0 Å². The number of sulfone groups is 1. The second-order valence-corrected chi connectivity index (χ2v) is 7.45. The molecule has 1 heterocycles. The molecule has 0 radical (unpaired) electrons. The first-order valence-electron chi connectivity index (χ1n) is 6.72. The van der Waals surface area contributed by atoms with Crippen LogP contribution in [-0.4, -0.2) is 60.4 Å². The molecule has 0 aliphatic carbocycles. The van der Waals surface area contributed by atoms with Gasteiger partial charge >= 0.3 is 5.97 Å². The van der Waals surface area contributed by atoms with E-state index < -0.39 is 28.4 Å². The molecule has 3 N–H and O–H groups in total. The molecule has 8 heteroatoms. The van der Waals surface area contributed by atoms with Gasteiger partial charge in [0, 0.05) is 18.5 Å². The molecule has 0 aromatic rings. The fraction of sp³-hybridized carbons (Fsp3) is 0.833. The summed E-state index contributed by atoms with van der Waals surface area (Å²) < 4.78 is 22.9. The zero-order valence-electron chi connectivity index (χ0n) is 11.6. The van der Waals surface area contributed by atoms with Gasteiger partial charge in [-0.25, -0.2) is 8.42 Å². The molecule has 7 nitrogen and oxygen atoms in total. The van der Waals surface area contributed by atoms with Crippen LogP contribution >= 0.6 is 0 Å². The largest absolute Gasteiger partial charge is 0.480 e. The van der Waals surface area contributed by atoms with Crippen molar-refractivity contribution in [2.45, 2.75) is 44.7 Å². The minimum absolute atomic E-state index is 0.00206. The number of amides is 1. The third kappa shape index (κ3) is 5.09. The topological polar surface area (TPSA) is 118 Å². The highest BCUT2D eigenvalue weighted by Gasteiger charge is 2.35. The van der Waals surface area contributed by atoms with Gasteiger partial charge < -0.3 is 15.7 Å². The van der Waals surface area contributed by atoms with Crippen molar-refractivity contribution >= 4 is 21.7 Å². The molecular weight excluding hydrogens is 284 g/mol. The number of nitrogens with zero attached hydrogens (tertiary/aromatic N) is 1. The number of aliphatic carboxylic acids is 1. The third-order valence-corrected chi connectivity index (χ3v) is 5.12. The fourth-order valence-corrected chi connectivity index (χ4v) is 4.13. The van der Waals surface area contributed by atoms with Crippen molar-refractivity contribution in [2.75, 3.05) is 18.1 Å². The van der Waals surface area contributed by atoms with Gasteiger partial charge in [-0.05, 0) is 12.8 Å². The van der Waals surface area contributed by atoms with E-state index in [1.54, 1.807) is 0 Å². The Kier molecular flexibility index (Phi) is 5.94. The van der Waals surface area contributed by atoms with Crippen molar-refractivity contribution in [2.24, 2.45) is 5.73 Å². The molecular formula is C12H22N2O5S. The number of carbonyl (C=O) groups is 2. The molecule has 1 saturated heterocycles. The Morgan fingerprint density at radius 3 is 2.55 bits per heavy atom. The SMILES string of the molecule is CCCC(N)CC(=O)N(CC(=O)O)C1CCS(=O)(=O)C1. The zero-order chi connectivity index (χ0) is 15.3. The van der Waals surface area contributed by atoms with Crippen LogP contribution in [-0.2, 0) is 19.4 Å². The molecule has 1 aliphatic rings. The Balaban J connectivity index is 2.74. The van der Waals surface area contributed by atoms with Crippen molar-refractivity contribution in [3.05, 3.63) is 0 Å². The van der Waals surface area contributed by atoms with Crippen molar-refractivity contribution in [3.63, 3.8) is 0 Å². The summed E-state index contributed by atoms with van der Waals surface area (Å²) >= 11 is 0. The number of hydrogen-bond acceptors (Lipinski definition) is 5. The van der Waals surface area contributed by atoms with Gasteiger partial charge in [-0.1, -0.05) is 13.3 Å². The monoisotopic (exact) mass is 306 g/mol. The van der Waals surface area contributed by atoms with Gasteiger partial charge in [-0.2, -0.15) is 0 Å². The predicted octanol–water partition coefficient (Wildman–Crippen LogP) is -0.396. The van der Waals surface area contributed by atoms with Gasteiger partial charge in [0.25, 0.3) is 0 Å². The summed E-state index contributed by atoms with van der Waals surface area (Å²) in [4.78, 5) is 24.2. The molecule has 0 saturated carbocycles. The first-order chi connectivity index (χ1) is 9.25. The van der Waals surface area contributed by atoms with E-state index in [2.05, 4.69) is 0 Å². The number of nitrogens with two attached hydrogens (primary N) is 1. The summed E-state index contributed by atoms with van der Waals surface area (Å²) in [6.45, 7) is 1.47. The molecule has 1 rings (SSSR count). The average molecular weight is 306 g/mol. The Hall–Kier alpha value is -1.15. The van der Waals surface area contributed by atoms with Gasteiger partial charge in [0.15, 0.2) is 9.84 Å². The van der Waals surface area contributed by atoms with E-state index in [1.165, 1.54) is 0 Å². The average Bonchev–Trinajstić information content (AvgIpc) is 2.66. The van der Waals surface area contributed by atoms with E-state index in [4.69, 9.17) is 10.8 Å². The summed E-state index contributed by atoms with van der Waals surface area (Å²) in [6, 6.07) is -0.862. The van der Waals surface area contributed by atoms with E-state index in [0.29, 0.717) is 12.8 Å². The third-order valence-electron chi connectivity index (χ3n) is 3.37. The molecule has 0 aromatic heterocycles. The lowest BCUT2D eigenvalue weighted by atomic mass is 10.1. The summed E-state index contributed by atoms with van der Waals surface area (Å²) in [5, 5.41) is 8.89. The number of carboxylic acids is 1. The molecule has 1 aliphatic heterocycles. The maximum absolute atomic E-state index is 12.1. The van der Waals surface area contributed by atoms with Crippen LogP contribution in [0.2, 0.25) is 0 Å². The first kappa shape index (κ1) is 16.9. The van der Waals surface area contributed by atoms with Crippen molar-refractivity contribution in [3.8, 4) is 0 Å². The van der Waals surface area contributed by atoms with Crippen LogP contribution in [0.1, 0.15) is 32.6 Å². The lowest BCUT2D eigenvalue weighted by molar-refractivity contribution is -0.146. The lowest BCUT2D eigenvalue weighted by Gasteiger charge is -2.27. The highest BCUT2D eigenvalue weighted by Crippen LogP contribution is 2.19. The van der Waals surface area contributed by atoms with Crippen LogP contribution in [0.4, 0.5) is 0 Å². The normalized spacial score (nSPS) is 22.4. The second kappa shape index (κ2) is 7.03. The zero-order valence-corrected chi connectivity index (χ0v) is 12.4. The Morgan fingerprint density at radius 1 is 1.45 bits per heavy atom. The van der Waals surface area contributed by atoms with Gasteiger partial charge in [-0.3, -0.25) is 9.59 Å². The van der Waals surface area contributed by atoms with Gasteiger partial charge in [0.1, 0.15) is 6.54 Å². The first-order valence-corrected chi connectivity index (χ1v) is 8.54. The minimum Gasteiger partial charge on any atom is -0.480 e. The Labute approximate surface area is 119 Å². The number of hydrogen-bond donors (Lipinski definition) is 2. The molecule has 0 aromatic carbocycles. The molecule has 1 fully saturated rings. The smallest absolute Gasteiger partial charge is 0.323 e. The molecule has 0 spiro atoms. The van der Waals surface area contributed by atoms with E-state index in [0.717, 1.165) is 11.3 Å². The lowest BCUT2D eigenvalue weighted by Crippen LogP contribution is -2.46. The summed E-state index contributed by atoms with van der Waals surface area (Å²) in [7, 11) is -3.17. The highest BCUT2D eigenvalue weighted by atomic mass is 32.2. The van der Waals surface area contributed by atoms with Crippen molar-refractivity contribution < 1.29 is 23.1 Å². The van der Waals surface area contributed by atoms with Gasteiger partial charge in [-0.15, -0.1) is 0 Å². The van der Waals surface area contributed by atoms with E-state index in [-0.39, 0.29) is 29.9 Å². The van der Waals surface area contributed by atoms with Crippen LogP contribution in [0.25, 0.3) is 0 Å². The van der Waals surface area contributed by atoms with E-state index in [1.807, 2.05) is 6.92 Å². The van der Waals surface area contributed by atoms with E-state index in [9.17, 15) is 18.0 Å². The predicted molar refractivity (Wildman–Crippen MR) is 73.9 cm³/mol. The van der Waals surface area contributed by atoms with Crippen LogP contribution in [0.15, 0.2) is 0 Å². The quantitative estimate of drug-likeness (QED) is 0.661. The number of carbonyl (C=O) groups excluding carboxylic acids is 1. The number of rotatable bonds is 7. The summed E-state index contributed by atoms with van der Waals surface area (Å²) in [5.41, 5.74) is 5.79. The highest BCUT2D eigenvalue weighted by molar-refractivity contribution is 7.91. The molecule has 2 unspecified atom stereocenters. The molecule has 116 valence electrons. The molecule has 20 heavy (non-hydrogen) atoms. The summed E-state index contributed by atoms with van der Waals surface area (Å²) in [5.74, 6) is -1.68. The van der Waals surface area contributed by atoms with Crippen LogP contribution < -0.4 is 5.73 Å². The Morgan fingerprint density at radius 2 is 2.10 bits per heavy atom. The van der Waals surface area contributed by atoms with Gasteiger partial charge in [0.2, 0.25) is 5.91 Å². The maximum atomic E-state index is 12.1. The van der Waals surface area contributed by atoms with Crippen LogP contribution in [0, 0.1) is 0 Å². The fourth-order valence-electron chi connectivity index (χ4n) is 2.40. The van der Waals surface area contributed by atoms with Crippen LogP contribution in [0.5, 0.6) is 0 Å².